The molecule has 27 heavy (non-hydrogen) atoms. The molecule has 0 saturated carbocycles. The molecule has 1 fully saturated rings. The van der Waals surface area contributed by atoms with Crippen molar-refractivity contribution in [2.45, 2.75) is 44.1 Å². The van der Waals surface area contributed by atoms with E-state index >= 15 is 0 Å². The SMILES string of the molecule is CN(CCNS(=O)(=O)c1c[nH]c(C(=O)N2CCCC2)c1)C(=O)OC(C)(C)C. The first-order valence-corrected chi connectivity index (χ1v) is 10.4. The van der Waals surface area contributed by atoms with Crippen molar-refractivity contribution < 1.29 is 22.7 Å². The van der Waals surface area contributed by atoms with E-state index in [0.717, 1.165) is 12.8 Å². The van der Waals surface area contributed by atoms with Gasteiger partial charge in [0.05, 0.1) is 0 Å². The molecule has 2 amide bonds. The Labute approximate surface area is 160 Å². The molecular weight excluding hydrogens is 372 g/mol. The Morgan fingerprint density at radius 1 is 1.30 bits per heavy atom. The number of likely N-dealkylation sites (N-methyl/N-ethyl adjacent to an activating group) is 1. The second-order valence-corrected chi connectivity index (χ2v) is 9.31. The number of likely N-dealkylation sites (tertiary alicyclic amines) is 1. The van der Waals surface area contributed by atoms with Gasteiger partial charge in [-0.15, -0.1) is 0 Å². The van der Waals surface area contributed by atoms with Crippen LogP contribution >= 0.6 is 0 Å². The highest BCUT2D eigenvalue weighted by molar-refractivity contribution is 7.89. The van der Waals surface area contributed by atoms with Gasteiger partial charge in [0, 0.05) is 39.4 Å². The largest absolute Gasteiger partial charge is 0.444 e. The zero-order valence-corrected chi connectivity index (χ0v) is 17.1. The van der Waals surface area contributed by atoms with E-state index in [9.17, 15) is 18.0 Å². The Morgan fingerprint density at radius 3 is 2.52 bits per heavy atom. The first kappa shape index (κ1) is 21.2. The minimum absolute atomic E-state index is 0.00929. The maximum Gasteiger partial charge on any atom is 0.410 e. The van der Waals surface area contributed by atoms with Gasteiger partial charge in [0.2, 0.25) is 10.0 Å². The summed E-state index contributed by atoms with van der Waals surface area (Å²) in [4.78, 5) is 29.9. The van der Waals surface area contributed by atoms with Crippen molar-refractivity contribution in [2.75, 3.05) is 33.2 Å². The Kier molecular flexibility index (Phi) is 6.53. The van der Waals surface area contributed by atoms with E-state index in [2.05, 4.69) is 9.71 Å². The van der Waals surface area contributed by atoms with Crippen molar-refractivity contribution in [3.63, 3.8) is 0 Å². The number of nitrogens with zero attached hydrogens (tertiary/aromatic N) is 2. The zero-order valence-electron chi connectivity index (χ0n) is 16.2. The van der Waals surface area contributed by atoms with Gasteiger partial charge < -0.3 is 19.5 Å². The number of amides is 2. The topological polar surface area (TPSA) is 112 Å². The summed E-state index contributed by atoms with van der Waals surface area (Å²) in [6, 6.07) is 1.33. The van der Waals surface area contributed by atoms with E-state index in [1.807, 2.05) is 0 Å². The lowest BCUT2D eigenvalue weighted by atomic mass is 10.2. The fourth-order valence-corrected chi connectivity index (χ4v) is 3.62. The number of H-pyrrole nitrogens is 1. The second-order valence-electron chi connectivity index (χ2n) is 7.55. The molecule has 0 spiro atoms. The molecule has 0 atom stereocenters. The highest BCUT2D eigenvalue weighted by Crippen LogP contribution is 2.16. The van der Waals surface area contributed by atoms with E-state index in [1.165, 1.54) is 24.2 Å². The summed E-state index contributed by atoms with van der Waals surface area (Å²) in [5.41, 5.74) is -0.364. The summed E-state index contributed by atoms with van der Waals surface area (Å²) in [5, 5.41) is 0. The average molecular weight is 401 g/mol. The first-order chi connectivity index (χ1) is 12.5. The quantitative estimate of drug-likeness (QED) is 0.750. The molecule has 152 valence electrons. The molecule has 10 heteroatoms. The summed E-state index contributed by atoms with van der Waals surface area (Å²) in [5.74, 6) is -0.196. The lowest BCUT2D eigenvalue weighted by Gasteiger charge is -2.24. The third-order valence-electron chi connectivity index (χ3n) is 4.03. The van der Waals surface area contributed by atoms with Crippen molar-refractivity contribution >= 4 is 22.0 Å². The lowest BCUT2D eigenvalue weighted by Crippen LogP contribution is -2.39. The molecule has 1 aliphatic rings. The Hall–Kier alpha value is -2.07. The standard InChI is InChI=1S/C17H28N4O5S/c1-17(2,3)26-16(23)20(4)10-7-19-27(24,25)13-11-14(18-12-13)15(22)21-8-5-6-9-21/h11-12,18-19H,5-10H2,1-4H3. The van der Waals surface area contributed by atoms with E-state index < -0.39 is 21.7 Å². The average Bonchev–Trinajstić information content (AvgIpc) is 3.24. The van der Waals surface area contributed by atoms with Crippen LogP contribution in [0.15, 0.2) is 17.2 Å². The van der Waals surface area contributed by atoms with Gasteiger partial charge in [-0.05, 0) is 39.7 Å². The molecule has 1 aromatic rings. The van der Waals surface area contributed by atoms with Gasteiger partial charge in [-0.25, -0.2) is 17.9 Å². The molecule has 2 rings (SSSR count). The molecular formula is C17H28N4O5S. The Morgan fingerprint density at radius 2 is 1.93 bits per heavy atom. The number of ether oxygens (including phenoxy) is 1. The van der Waals surface area contributed by atoms with Crippen LogP contribution in [-0.2, 0) is 14.8 Å². The molecule has 0 bridgehead atoms. The van der Waals surface area contributed by atoms with E-state index in [4.69, 9.17) is 4.74 Å². The molecule has 0 radical (unpaired) electrons. The van der Waals surface area contributed by atoms with Gasteiger partial charge >= 0.3 is 6.09 Å². The number of hydrogen-bond donors (Lipinski definition) is 2. The van der Waals surface area contributed by atoms with Crippen LogP contribution in [0, 0.1) is 0 Å². The van der Waals surface area contributed by atoms with E-state index in [-0.39, 0.29) is 29.6 Å². The van der Waals surface area contributed by atoms with Crippen LogP contribution in [0.5, 0.6) is 0 Å². The molecule has 1 aliphatic heterocycles. The Balaban J connectivity index is 1.89. The van der Waals surface area contributed by atoms with Gasteiger partial charge in [-0.3, -0.25) is 4.79 Å². The van der Waals surface area contributed by atoms with Crippen LogP contribution in [0.25, 0.3) is 0 Å². The fourth-order valence-electron chi connectivity index (χ4n) is 2.61. The summed E-state index contributed by atoms with van der Waals surface area (Å²) >= 11 is 0. The number of aromatic nitrogens is 1. The molecule has 1 saturated heterocycles. The van der Waals surface area contributed by atoms with Crippen LogP contribution < -0.4 is 4.72 Å². The number of aromatic amines is 1. The number of rotatable bonds is 6. The van der Waals surface area contributed by atoms with Crippen molar-refractivity contribution in [3.8, 4) is 0 Å². The van der Waals surface area contributed by atoms with Crippen molar-refractivity contribution in [1.29, 1.82) is 0 Å². The lowest BCUT2D eigenvalue weighted by molar-refractivity contribution is 0.0302. The summed E-state index contributed by atoms with van der Waals surface area (Å²) in [6.45, 7) is 6.83. The summed E-state index contributed by atoms with van der Waals surface area (Å²) in [6.07, 6.45) is 2.69. The van der Waals surface area contributed by atoms with E-state index in [0.29, 0.717) is 13.1 Å². The fraction of sp³-hybridized carbons (Fsp3) is 0.647. The third-order valence-corrected chi connectivity index (χ3v) is 5.48. The molecule has 0 aromatic carbocycles. The molecule has 2 N–H and O–H groups in total. The van der Waals surface area contributed by atoms with Crippen LogP contribution in [0.3, 0.4) is 0 Å². The summed E-state index contributed by atoms with van der Waals surface area (Å²) in [7, 11) is -2.25. The minimum Gasteiger partial charge on any atom is -0.444 e. The summed E-state index contributed by atoms with van der Waals surface area (Å²) < 4.78 is 32.4. The van der Waals surface area contributed by atoms with Gasteiger partial charge in [0.15, 0.2) is 0 Å². The number of carbonyl (C=O) groups is 2. The predicted octanol–water partition coefficient (Wildman–Crippen LogP) is 1.40. The molecule has 9 nitrogen and oxygen atoms in total. The van der Waals surface area contributed by atoms with Crippen molar-refractivity contribution in [3.05, 3.63) is 18.0 Å². The van der Waals surface area contributed by atoms with Crippen LogP contribution in [0.1, 0.15) is 44.1 Å². The van der Waals surface area contributed by atoms with Crippen molar-refractivity contribution in [1.82, 2.24) is 19.5 Å². The maximum absolute atomic E-state index is 12.4. The van der Waals surface area contributed by atoms with E-state index in [1.54, 1.807) is 25.7 Å². The number of sulfonamides is 1. The second kappa shape index (κ2) is 8.30. The normalized spacial score (nSPS) is 15.0. The van der Waals surface area contributed by atoms with Crippen LogP contribution in [-0.4, -0.2) is 74.0 Å². The first-order valence-electron chi connectivity index (χ1n) is 8.91. The number of hydrogen-bond acceptors (Lipinski definition) is 5. The van der Waals surface area contributed by atoms with Gasteiger partial charge in [-0.1, -0.05) is 0 Å². The monoisotopic (exact) mass is 400 g/mol. The third kappa shape index (κ3) is 5.96. The highest BCUT2D eigenvalue weighted by Gasteiger charge is 2.24. The highest BCUT2D eigenvalue weighted by atomic mass is 32.2. The van der Waals surface area contributed by atoms with Crippen molar-refractivity contribution in [2.24, 2.45) is 0 Å². The smallest absolute Gasteiger partial charge is 0.410 e. The molecule has 0 aliphatic carbocycles. The van der Waals surface area contributed by atoms with Gasteiger partial charge in [-0.2, -0.15) is 0 Å². The molecule has 2 heterocycles. The minimum atomic E-state index is -3.78. The molecule has 0 unspecified atom stereocenters. The molecule has 1 aromatic heterocycles. The number of carbonyl (C=O) groups excluding carboxylic acids is 2. The zero-order chi connectivity index (χ0) is 20.2. The van der Waals surface area contributed by atoms with Crippen LogP contribution in [0.4, 0.5) is 4.79 Å². The predicted molar refractivity (Wildman–Crippen MR) is 100.0 cm³/mol. The maximum atomic E-state index is 12.4. The number of nitrogens with one attached hydrogen (secondary N) is 2. The Bertz CT molecular complexity index is 775. The van der Waals surface area contributed by atoms with Gasteiger partial charge in [0.1, 0.15) is 16.2 Å². The van der Waals surface area contributed by atoms with Crippen LogP contribution in [0.2, 0.25) is 0 Å². The van der Waals surface area contributed by atoms with Gasteiger partial charge in [0.25, 0.3) is 5.91 Å².